The summed E-state index contributed by atoms with van der Waals surface area (Å²) in [4.78, 5) is 20.3. The molecule has 2 aromatic rings. The molecule has 2 aromatic carbocycles. The van der Waals surface area contributed by atoms with Crippen molar-refractivity contribution in [1.29, 1.82) is 5.26 Å². The van der Waals surface area contributed by atoms with Crippen molar-refractivity contribution in [2.24, 2.45) is 0 Å². The minimum Gasteiger partial charge on any atom is -0.379 e. The predicted molar refractivity (Wildman–Crippen MR) is 137 cm³/mol. The molecule has 1 aliphatic carbocycles. The van der Waals surface area contributed by atoms with Crippen molar-refractivity contribution in [3.05, 3.63) is 70.0 Å². The Morgan fingerprint density at radius 1 is 1.19 bits per heavy atom. The summed E-state index contributed by atoms with van der Waals surface area (Å²) in [5, 5.41) is 9.46. The standard InChI is InChI=1S/C29H35FN4O2/c1-32(29(35)28-16-21(17-31)15-23-3-2-4-27(23)28)18-24(22-5-7-25(30)8-6-22)9-10-33-19-26(20-33)34-11-13-36-14-12-34/h5-8,15-16,24,26H,2-4,9-14,18-20H2,1H3/t24-/m1/s1. The van der Waals surface area contributed by atoms with Crippen LogP contribution in [0.5, 0.6) is 0 Å². The van der Waals surface area contributed by atoms with Gasteiger partial charge >= 0.3 is 0 Å². The number of nitrogens with zero attached hydrogens (tertiary/aromatic N) is 4. The lowest BCUT2D eigenvalue weighted by Crippen LogP contribution is -2.61. The van der Waals surface area contributed by atoms with E-state index in [1.54, 1.807) is 11.0 Å². The fourth-order valence-corrected chi connectivity index (χ4v) is 5.92. The molecular weight excluding hydrogens is 455 g/mol. The fraction of sp³-hybridized carbons (Fsp3) is 0.517. The third-order valence-corrected chi connectivity index (χ3v) is 8.05. The summed E-state index contributed by atoms with van der Waals surface area (Å²) < 4.78 is 19.1. The minimum atomic E-state index is -0.248. The van der Waals surface area contributed by atoms with Gasteiger partial charge in [-0.05, 0) is 73.2 Å². The summed E-state index contributed by atoms with van der Waals surface area (Å²) in [6.45, 7) is 7.31. The van der Waals surface area contributed by atoms with E-state index in [1.807, 2.05) is 25.2 Å². The van der Waals surface area contributed by atoms with Gasteiger partial charge in [-0.25, -0.2) is 4.39 Å². The second-order valence-corrected chi connectivity index (χ2v) is 10.4. The molecule has 1 amide bonds. The monoisotopic (exact) mass is 490 g/mol. The molecule has 7 heteroatoms. The van der Waals surface area contributed by atoms with Gasteiger partial charge in [0.05, 0.1) is 24.8 Å². The minimum absolute atomic E-state index is 0.0336. The first kappa shape index (κ1) is 24.9. The Balaban J connectivity index is 1.25. The van der Waals surface area contributed by atoms with Gasteiger partial charge in [-0.15, -0.1) is 0 Å². The van der Waals surface area contributed by atoms with Gasteiger partial charge < -0.3 is 14.5 Å². The Morgan fingerprint density at radius 3 is 2.67 bits per heavy atom. The summed E-state index contributed by atoms with van der Waals surface area (Å²) in [6.07, 6.45) is 3.73. The number of amides is 1. The van der Waals surface area contributed by atoms with E-state index < -0.39 is 0 Å². The number of ether oxygens (including phenoxy) is 1. The van der Waals surface area contributed by atoms with Crippen LogP contribution in [0.3, 0.4) is 0 Å². The van der Waals surface area contributed by atoms with Crippen LogP contribution >= 0.6 is 0 Å². The number of morpholine rings is 1. The van der Waals surface area contributed by atoms with Crippen molar-refractivity contribution in [2.75, 3.05) is 59.5 Å². The molecule has 0 bridgehead atoms. The molecule has 0 radical (unpaired) electrons. The molecule has 190 valence electrons. The number of hydrogen-bond acceptors (Lipinski definition) is 5. The topological polar surface area (TPSA) is 59.8 Å². The number of halogens is 1. The van der Waals surface area contributed by atoms with Crippen LogP contribution in [-0.4, -0.2) is 86.2 Å². The molecule has 0 spiro atoms. The molecule has 3 aliphatic rings. The van der Waals surface area contributed by atoms with Crippen LogP contribution in [0.4, 0.5) is 4.39 Å². The first-order chi connectivity index (χ1) is 17.5. The smallest absolute Gasteiger partial charge is 0.253 e. The molecule has 0 unspecified atom stereocenters. The number of hydrogen-bond donors (Lipinski definition) is 0. The Hall–Kier alpha value is -2.79. The van der Waals surface area contributed by atoms with E-state index in [-0.39, 0.29) is 17.6 Å². The van der Waals surface area contributed by atoms with E-state index in [1.165, 1.54) is 12.1 Å². The van der Waals surface area contributed by atoms with Gasteiger partial charge in [-0.1, -0.05) is 12.1 Å². The molecule has 6 nitrogen and oxygen atoms in total. The highest BCUT2D eigenvalue weighted by Crippen LogP contribution is 2.29. The Morgan fingerprint density at radius 2 is 1.94 bits per heavy atom. The third-order valence-electron chi connectivity index (χ3n) is 8.05. The lowest BCUT2D eigenvalue weighted by atomic mass is 9.93. The molecule has 1 atom stereocenters. The third kappa shape index (κ3) is 5.46. The normalized spacial score (nSPS) is 19.4. The zero-order valence-corrected chi connectivity index (χ0v) is 21.1. The number of nitriles is 1. The molecule has 5 rings (SSSR count). The van der Waals surface area contributed by atoms with Crippen LogP contribution in [0, 0.1) is 17.1 Å². The molecule has 2 fully saturated rings. The van der Waals surface area contributed by atoms with Crippen molar-refractivity contribution in [3.8, 4) is 6.07 Å². The summed E-state index contributed by atoms with van der Waals surface area (Å²) in [5.41, 5.74) is 4.50. The van der Waals surface area contributed by atoms with Crippen molar-refractivity contribution in [3.63, 3.8) is 0 Å². The quantitative estimate of drug-likeness (QED) is 0.567. The van der Waals surface area contributed by atoms with Crippen LogP contribution < -0.4 is 0 Å². The number of likely N-dealkylation sites (tertiary alicyclic amines) is 1. The summed E-state index contributed by atoms with van der Waals surface area (Å²) in [6, 6.07) is 13.2. The van der Waals surface area contributed by atoms with Crippen LogP contribution in [0.1, 0.15) is 51.4 Å². The first-order valence-corrected chi connectivity index (χ1v) is 13.1. The zero-order valence-electron chi connectivity index (χ0n) is 21.1. The second kappa shape index (κ2) is 11.1. The predicted octanol–water partition coefficient (Wildman–Crippen LogP) is 3.45. The Bertz CT molecular complexity index is 1120. The van der Waals surface area contributed by atoms with Crippen molar-refractivity contribution < 1.29 is 13.9 Å². The van der Waals surface area contributed by atoms with Gasteiger partial charge in [0.2, 0.25) is 0 Å². The highest BCUT2D eigenvalue weighted by atomic mass is 19.1. The van der Waals surface area contributed by atoms with Gasteiger partial charge in [0.1, 0.15) is 5.82 Å². The van der Waals surface area contributed by atoms with Crippen LogP contribution in [0.25, 0.3) is 0 Å². The van der Waals surface area contributed by atoms with E-state index in [2.05, 4.69) is 15.9 Å². The molecule has 2 aliphatic heterocycles. The second-order valence-electron chi connectivity index (χ2n) is 10.4. The average Bonchev–Trinajstić information content (AvgIpc) is 3.36. The molecule has 0 saturated carbocycles. The number of fused-ring (bicyclic) bond motifs is 1. The van der Waals surface area contributed by atoms with E-state index in [0.717, 1.165) is 88.3 Å². The maximum Gasteiger partial charge on any atom is 0.253 e. The molecule has 0 N–H and O–H groups in total. The highest BCUT2D eigenvalue weighted by molar-refractivity contribution is 5.96. The SMILES string of the molecule is CN(C[C@@H](CCN1CC(N2CCOCC2)C1)c1ccc(F)cc1)C(=O)c1cc(C#N)cc2c1CCC2. The number of benzene rings is 2. The van der Waals surface area contributed by atoms with Gasteiger partial charge in [-0.2, -0.15) is 5.26 Å². The van der Waals surface area contributed by atoms with E-state index >= 15 is 0 Å². The maximum atomic E-state index is 13.6. The van der Waals surface area contributed by atoms with Gasteiger partial charge in [0, 0.05) is 57.3 Å². The van der Waals surface area contributed by atoms with Gasteiger partial charge in [-0.3, -0.25) is 9.69 Å². The number of aryl methyl sites for hydroxylation is 1. The fourth-order valence-electron chi connectivity index (χ4n) is 5.92. The lowest BCUT2D eigenvalue weighted by molar-refractivity contribution is -0.0326. The lowest BCUT2D eigenvalue weighted by Gasteiger charge is -2.47. The van der Waals surface area contributed by atoms with E-state index in [0.29, 0.717) is 23.7 Å². The largest absolute Gasteiger partial charge is 0.379 e. The average molecular weight is 491 g/mol. The number of carbonyl (C=O) groups is 1. The van der Waals surface area contributed by atoms with Crippen molar-refractivity contribution in [1.82, 2.24) is 14.7 Å². The first-order valence-electron chi connectivity index (χ1n) is 13.1. The van der Waals surface area contributed by atoms with Crippen molar-refractivity contribution >= 4 is 5.91 Å². The maximum absolute atomic E-state index is 13.6. The zero-order chi connectivity index (χ0) is 25.1. The molecule has 2 heterocycles. The Labute approximate surface area is 213 Å². The highest BCUT2D eigenvalue weighted by Gasteiger charge is 2.33. The number of rotatable bonds is 8. The molecule has 36 heavy (non-hydrogen) atoms. The summed E-state index contributed by atoms with van der Waals surface area (Å²) in [7, 11) is 1.84. The van der Waals surface area contributed by atoms with Crippen LogP contribution in [0.15, 0.2) is 36.4 Å². The summed E-state index contributed by atoms with van der Waals surface area (Å²) >= 11 is 0. The van der Waals surface area contributed by atoms with E-state index in [4.69, 9.17) is 4.74 Å². The molecule has 2 saturated heterocycles. The number of likely N-dealkylation sites (N-methyl/N-ethyl adjacent to an activating group) is 1. The van der Waals surface area contributed by atoms with Gasteiger partial charge in [0.25, 0.3) is 5.91 Å². The summed E-state index contributed by atoms with van der Waals surface area (Å²) in [5.74, 6) is -0.176. The number of carbonyl (C=O) groups excluding carboxylic acids is 1. The van der Waals surface area contributed by atoms with Gasteiger partial charge in [0.15, 0.2) is 0 Å². The van der Waals surface area contributed by atoms with Crippen LogP contribution in [0.2, 0.25) is 0 Å². The Kier molecular flexibility index (Phi) is 7.66. The van der Waals surface area contributed by atoms with Crippen LogP contribution in [-0.2, 0) is 17.6 Å². The molecular formula is C29H35FN4O2. The molecule has 0 aromatic heterocycles. The van der Waals surface area contributed by atoms with E-state index in [9.17, 15) is 14.4 Å². The van der Waals surface area contributed by atoms with Crippen molar-refractivity contribution in [2.45, 2.75) is 37.6 Å².